The topological polar surface area (TPSA) is 33.5 Å². The molecule has 0 N–H and O–H groups in total. The van der Waals surface area contributed by atoms with Crippen molar-refractivity contribution in [2.45, 2.75) is 52.4 Å². The van der Waals surface area contributed by atoms with Crippen LogP contribution >= 0.6 is 0 Å². The lowest BCUT2D eigenvalue weighted by Gasteiger charge is -2.25. The van der Waals surface area contributed by atoms with Gasteiger partial charge < -0.3 is 14.5 Å². The summed E-state index contributed by atoms with van der Waals surface area (Å²) >= 11 is 0. The molecule has 0 fully saturated rings. The standard InChI is InChI=1S/C50H46N4O/c1-49(2,3)36-16-12-17-38(29-36)52-33-53(47-28-35(22-25-45(47)52)34-14-8-7-9-15-34)39-18-13-19-40(31-39)55-41-23-24-43-42-20-10-11-21-44(42)54(46(43)32-41)48-30-37(26-27-51-48)50(4,5)6/h7-32H,33H2,1-6H3. The third-order valence-electron chi connectivity index (χ3n) is 10.8. The number of anilines is 4. The second kappa shape index (κ2) is 13.2. The summed E-state index contributed by atoms with van der Waals surface area (Å²) in [6, 6.07) is 54.1. The zero-order valence-electron chi connectivity index (χ0n) is 32.4. The van der Waals surface area contributed by atoms with E-state index in [4.69, 9.17) is 9.72 Å². The molecule has 9 rings (SSSR count). The third kappa shape index (κ3) is 6.40. The van der Waals surface area contributed by atoms with Crippen molar-refractivity contribution in [3.05, 3.63) is 169 Å². The van der Waals surface area contributed by atoms with Gasteiger partial charge in [-0.05, 0) is 99.8 Å². The quantitative estimate of drug-likeness (QED) is 0.171. The molecular weight excluding hydrogens is 673 g/mol. The number of pyridine rings is 1. The molecular formula is C50H46N4O. The Balaban J connectivity index is 1.10. The largest absolute Gasteiger partial charge is 0.457 e. The van der Waals surface area contributed by atoms with Gasteiger partial charge in [0, 0.05) is 40.5 Å². The number of hydrogen-bond acceptors (Lipinski definition) is 4. The van der Waals surface area contributed by atoms with E-state index >= 15 is 0 Å². The van der Waals surface area contributed by atoms with Crippen LogP contribution in [0.3, 0.4) is 0 Å². The van der Waals surface area contributed by atoms with Gasteiger partial charge in [-0.25, -0.2) is 4.98 Å². The van der Waals surface area contributed by atoms with E-state index < -0.39 is 0 Å². The van der Waals surface area contributed by atoms with E-state index in [1.807, 2.05) is 12.3 Å². The fourth-order valence-corrected chi connectivity index (χ4v) is 7.77. The molecule has 272 valence electrons. The summed E-state index contributed by atoms with van der Waals surface area (Å²) in [5, 5.41) is 2.35. The Hall–Kier alpha value is -6.33. The highest BCUT2D eigenvalue weighted by molar-refractivity contribution is 6.09. The Morgan fingerprint density at radius 3 is 1.96 bits per heavy atom. The predicted molar refractivity (Wildman–Crippen MR) is 230 cm³/mol. The van der Waals surface area contributed by atoms with Gasteiger partial charge in [-0.1, -0.05) is 114 Å². The Morgan fingerprint density at radius 1 is 0.491 bits per heavy atom. The smallest absolute Gasteiger partial charge is 0.137 e. The Morgan fingerprint density at radius 2 is 1.16 bits per heavy atom. The first-order valence-electron chi connectivity index (χ1n) is 19.1. The molecule has 1 aliphatic rings. The maximum absolute atomic E-state index is 6.72. The first kappa shape index (κ1) is 34.4. The number of para-hydroxylation sites is 1. The molecule has 0 saturated heterocycles. The van der Waals surface area contributed by atoms with Gasteiger partial charge in [0.05, 0.1) is 22.4 Å². The van der Waals surface area contributed by atoms with Crippen LogP contribution in [0.2, 0.25) is 0 Å². The highest BCUT2D eigenvalue weighted by Crippen LogP contribution is 2.47. The van der Waals surface area contributed by atoms with Gasteiger partial charge in [0.1, 0.15) is 24.0 Å². The second-order valence-corrected chi connectivity index (χ2v) is 16.7. The number of ether oxygens (including phenoxy) is 1. The van der Waals surface area contributed by atoms with Crippen LogP contribution in [0.4, 0.5) is 22.7 Å². The summed E-state index contributed by atoms with van der Waals surface area (Å²) in [7, 11) is 0. The molecule has 5 heteroatoms. The zero-order valence-corrected chi connectivity index (χ0v) is 32.4. The van der Waals surface area contributed by atoms with Crippen molar-refractivity contribution < 1.29 is 4.74 Å². The third-order valence-corrected chi connectivity index (χ3v) is 10.8. The van der Waals surface area contributed by atoms with E-state index in [1.54, 1.807) is 0 Å². The number of hydrogen-bond donors (Lipinski definition) is 0. The van der Waals surface area contributed by atoms with Gasteiger partial charge in [-0.15, -0.1) is 0 Å². The van der Waals surface area contributed by atoms with E-state index in [9.17, 15) is 0 Å². The van der Waals surface area contributed by atoms with E-state index in [0.29, 0.717) is 6.67 Å². The van der Waals surface area contributed by atoms with Gasteiger partial charge in [0.2, 0.25) is 0 Å². The predicted octanol–water partition coefficient (Wildman–Crippen LogP) is 13.5. The van der Waals surface area contributed by atoms with Crippen molar-refractivity contribution in [1.82, 2.24) is 9.55 Å². The normalized spacial score (nSPS) is 13.1. The Labute approximate surface area is 324 Å². The van der Waals surface area contributed by atoms with Gasteiger partial charge in [-0.3, -0.25) is 4.57 Å². The molecule has 0 bridgehead atoms. The molecule has 0 atom stereocenters. The minimum absolute atomic E-state index is 0.00218. The number of fused-ring (bicyclic) bond motifs is 4. The SMILES string of the molecule is CC(C)(C)c1cccc(N2CN(c3cccc(Oc4ccc5c6ccccc6n(-c6cc(C(C)(C)C)ccn6)c5c4)c3)c3cc(-c4ccccc4)ccc32)c1. The maximum Gasteiger partial charge on any atom is 0.137 e. The van der Waals surface area contributed by atoms with Crippen molar-refractivity contribution in [3.8, 4) is 28.4 Å². The molecule has 6 aromatic carbocycles. The first-order chi connectivity index (χ1) is 26.5. The molecule has 0 aliphatic carbocycles. The van der Waals surface area contributed by atoms with E-state index in [2.05, 4.69) is 202 Å². The zero-order chi connectivity index (χ0) is 37.9. The summed E-state index contributed by atoms with van der Waals surface area (Å²) < 4.78 is 8.99. The Bertz CT molecular complexity index is 2700. The summed E-state index contributed by atoms with van der Waals surface area (Å²) in [5.41, 5.74) is 11.8. The van der Waals surface area contributed by atoms with Crippen LogP contribution in [-0.4, -0.2) is 16.2 Å². The molecule has 5 nitrogen and oxygen atoms in total. The monoisotopic (exact) mass is 718 g/mol. The molecule has 0 unspecified atom stereocenters. The van der Waals surface area contributed by atoms with E-state index in [-0.39, 0.29) is 10.8 Å². The fourth-order valence-electron chi connectivity index (χ4n) is 7.77. The van der Waals surface area contributed by atoms with Crippen LogP contribution in [0.5, 0.6) is 11.5 Å². The first-order valence-corrected chi connectivity index (χ1v) is 19.1. The van der Waals surface area contributed by atoms with Crippen LogP contribution in [-0.2, 0) is 10.8 Å². The molecule has 8 aromatic rings. The number of rotatable bonds is 6. The van der Waals surface area contributed by atoms with Gasteiger partial charge in [-0.2, -0.15) is 0 Å². The minimum Gasteiger partial charge on any atom is -0.457 e. The summed E-state index contributed by atoms with van der Waals surface area (Å²) in [6.45, 7) is 14.2. The van der Waals surface area contributed by atoms with Gasteiger partial charge >= 0.3 is 0 Å². The second-order valence-electron chi connectivity index (χ2n) is 16.7. The minimum atomic E-state index is 0.00218. The van der Waals surface area contributed by atoms with Gasteiger partial charge in [0.15, 0.2) is 0 Å². The van der Waals surface area contributed by atoms with Crippen molar-refractivity contribution in [2.75, 3.05) is 16.5 Å². The average Bonchev–Trinajstić information content (AvgIpc) is 3.73. The van der Waals surface area contributed by atoms with Crippen LogP contribution < -0.4 is 14.5 Å². The number of aromatic nitrogens is 2. The van der Waals surface area contributed by atoms with Crippen LogP contribution in [0.25, 0.3) is 38.8 Å². The molecule has 1 aliphatic heterocycles. The van der Waals surface area contributed by atoms with Crippen molar-refractivity contribution >= 4 is 44.6 Å². The highest BCUT2D eigenvalue weighted by Gasteiger charge is 2.30. The number of nitrogens with zero attached hydrogens (tertiary/aromatic N) is 4. The summed E-state index contributed by atoms with van der Waals surface area (Å²) in [5.74, 6) is 2.45. The Kier molecular flexibility index (Phi) is 8.27. The van der Waals surface area contributed by atoms with Gasteiger partial charge in [0.25, 0.3) is 0 Å². The molecule has 2 aromatic heterocycles. The lowest BCUT2D eigenvalue weighted by Crippen LogP contribution is -2.24. The lowest BCUT2D eigenvalue weighted by atomic mass is 9.87. The number of benzene rings is 6. The molecule has 0 amide bonds. The van der Waals surface area contributed by atoms with Crippen molar-refractivity contribution in [1.29, 1.82) is 0 Å². The van der Waals surface area contributed by atoms with E-state index in [1.165, 1.54) is 39.0 Å². The summed E-state index contributed by atoms with van der Waals surface area (Å²) in [4.78, 5) is 9.68. The fraction of sp³-hybridized carbons (Fsp3) is 0.180. The molecule has 0 radical (unpaired) electrons. The lowest BCUT2D eigenvalue weighted by molar-refractivity contribution is 0.483. The summed E-state index contributed by atoms with van der Waals surface area (Å²) in [6.07, 6.45) is 1.92. The van der Waals surface area contributed by atoms with Crippen LogP contribution in [0.1, 0.15) is 52.7 Å². The molecule has 55 heavy (non-hydrogen) atoms. The van der Waals surface area contributed by atoms with Crippen LogP contribution in [0.15, 0.2) is 158 Å². The van der Waals surface area contributed by atoms with E-state index in [0.717, 1.165) is 45.1 Å². The van der Waals surface area contributed by atoms with Crippen molar-refractivity contribution in [2.24, 2.45) is 0 Å². The molecule has 3 heterocycles. The molecule has 0 spiro atoms. The highest BCUT2D eigenvalue weighted by atomic mass is 16.5. The maximum atomic E-state index is 6.72. The van der Waals surface area contributed by atoms with Crippen molar-refractivity contribution in [3.63, 3.8) is 0 Å². The van der Waals surface area contributed by atoms with Crippen LogP contribution in [0, 0.1) is 0 Å². The average molecular weight is 719 g/mol. The molecule has 0 saturated carbocycles.